The molecule has 0 unspecified atom stereocenters. The molecule has 0 aliphatic rings. The largest absolute Gasteiger partial charge is 0.454 e. The average molecular weight is 338 g/mol. The molecule has 0 atom stereocenters. The fourth-order valence-corrected chi connectivity index (χ4v) is 2.01. The second kappa shape index (κ2) is 6.38. The first kappa shape index (κ1) is 14.3. The van der Waals surface area contributed by atoms with Crippen LogP contribution in [0.3, 0.4) is 0 Å². The van der Waals surface area contributed by atoms with Gasteiger partial charge in [-0.1, -0.05) is 34.1 Å². The van der Waals surface area contributed by atoms with Crippen LogP contribution in [-0.4, -0.2) is 23.3 Å². The highest BCUT2D eigenvalue weighted by atomic mass is 79.9. The lowest BCUT2D eigenvalue weighted by atomic mass is 10.1. The van der Waals surface area contributed by atoms with Crippen molar-refractivity contribution in [3.05, 3.63) is 64.1 Å². The maximum Gasteiger partial charge on any atom is 0.338 e. The van der Waals surface area contributed by atoms with Crippen LogP contribution < -0.4 is 0 Å². The van der Waals surface area contributed by atoms with Crippen LogP contribution in [0.1, 0.15) is 20.7 Å². The van der Waals surface area contributed by atoms with Crippen molar-refractivity contribution in [2.45, 2.75) is 0 Å². The van der Waals surface area contributed by atoms with Gasteiger partial charge in [0, 0.05) is 22.3 Å². The van der Waals surface area contributed by atoms with Gasteiger partial charge in [-0.2, -0.15) is 4.39 Å². The quantitative estimate of drug-likeness (QED) is 0.489. The lowest BCUT2D eigenvalue weighted by Crippen LogP contribution is -2.15. The van der Waals surface area contributed by atoms with Gasteiger partial charge in [-0.15, -0.1) is 0 Å². The third kappa shape index (κ3) is 3.48. The Morgan fingerprint density at radius 3 is 2.70 bits per heavy atom. The minimum absolute atomic E-state index is 0.0115. The fraction of sp³-hybridized carbons (Fsp3) is 0.0714. The molecule has 2 aromatic rings. The van der Waals surface area contributed by atoms with E-state index in [4.69, 9.17) is 4.74 Å². The first-order valence-electron chi connectivity index (χ1n) is 5.64. The number of halogens is 2. The molecule has 0 radical (unpaired) electrons. The van der Waals surface area contributed by atoms with Crippen molar-refractivity contribution < 1.29 is 18.7 Å². The summed E-state index contributed by atoms with van der Waals surface area (Å²) in [6.07, 6.45) is 1.15. The number of hydrogen-bond acceptors (Lipinski definition) is 4. The van der Waals surface area contributed by atoms with Crippen molar-refractivity contribution in [3.63, 3.8) is 0 Å². The Morgan fingerprint density at radius 1 is 1.25 bits per heavy atom. The molecule has 6 heteroatoms. The third-order valence-corrected chi connectivity index (χ3v) is 3.16. The van der Waals surface area contributed by atoms with Crippen molar-refractivity contribution in [1.29, 1.82) is 0 Å². The number of Topliss-reactive ketones (excluding diaryl/α,β-unsaturated/α-hetero) is 1. The van der Waals surface area contributed by atoms with Crippen LogP contribution in [0, 0.1) is 5.95 Å². The molecule has 0 aliphatic heterocycles. The summed E-state index contributed by atoms with van der Waals surface area (Å²) >= 11 is 3.24. The van der Waals surface area contributed by atoms with E-state index in [0.29, 0.717) is 10.0 Å². The van der Waals surface area contributed by atoms with Gasteiger partial charge in [-0.3, -0.25) is 4.79 Å². The van der Waals surface area contributed by atoms with E-state index in [2.05, 4.69) is 20.9 Å². The summed E-state index contributed by atoms with van der Waals surface area (Å²) in [6, 6.07) is 9.07. The van der Waals surface area contributed by atoms with E-state index < -0.39 is 18.5 Å². The van der Waals surface area contributed by atoms with Crippen LogP contribution in [0.4, 0.5) is 4.39 Å². The number of benzene rings is 1. The number of pyridine rings is 1. The monoisotopic (exact) mass is 337 g/mol. The number of esters is 1. The molecule has 0 spiro atoms. The lowest BCUT2D eigenvalue weighted by molar-refractivity contribution is 0.0474. The summed E-state index contributed by atoms with van der Waals surface area (Å²) in [7, 11) is 0. The smallest absolute Gasteiger partial charge is 0.338 e. The van der Waals surface area contributed by atoms with Crippen molar-refractivity contribution in [2.75, 3.05) is 6.61 Å². The van der Waals surface area contributed by atoms with Gasteiger partial charge in [-0.05, 0) is 12.1 Å². The summed E-state index contributed by atoms with van der Waals surface area (Å²) in [4.78, 5) is 26.8. The van der Waals surface area contributed by atoms with Gasteiger partial charge in [0.2, 0.25) is 11.7 Å². The van der Waals surface area contributed by atoms with Crippen molar-refractivity contribution in [3.8, 4) is 0 Å². The number of nitrogens with zero attached hydrogens (tertiary/aromatic N) is 1. The Hall–Kier alpha value is -2.08. The number of rotatable bonds is 4. The molecule has 20 heavy (non-hydrogen) atoms. The Labute approximate surface area is 122 Å². The molecule has 0 N–H and O–H groups in total. The second-order valence-electron chi connectivity index (χ2n) is 3.85. The predicted molar refractivity (Wildman–Crippen MR) is 73.0 cm³/mol. The van der Waals surface area contributed by atoms with Gasteiger partial charge >= 0.3 is 5.97 Å². The Kier molecular flexibility index (Phi) is 4.57. The fourth-order valence-electron chi connectivity index (χ4n) is 1.51. The molecule has 0 amide bonds. The predicted octanol–water partition coefficient (Wildman–Crippen LogP) is 3.02. The van der Waals surface area contributed by atoms with Crippen LogP contribution in [-0.2, 0) is 4.74 Å². The average Bonchev–Trinajstić information content (AvgIpc) is 2.45. The number of hydrogen-bond donors (Lipinski definition) is 0. The number of aromatic nitrogens is 1. The molecule has 0 aliphatic carbocycles. The summed E-state index contributed by atoms with van der Waals surface area (Å²) in [6.45, 7) is -0.411. The molecule has 0 fully saturated rings. The van der Waals surface area contributed by atoms with Crippen molar-refractivity contribution in [1.82, 2.24) is 4.98 Å². The molecule has 0 saturated heterocycles. The molecule has 0 saturated carbocycles. The zero-order valence-corrected chi connectivity index (χ0v) is 11.8. The van der Waals surface area contributed by atoms with E-state index in [9.17, 15) is 14.0 Å². The van der Waals surface area contributed by atoms with Crippen LogP contribution in [0.25, 0.3) is 0 Å². The molecule has 1 aromatic carbocycles. The van der Waals surface area contributed by atoms with Gasteiger partial charge in [-0.25, -0.2) is 9.78 Å². The van der Waals surface area contributed by atoms with Gasteiger partial charge in [0.25, 0.3) is 0 Å². The van der Waals surface area contributed by atoms with Crippen molar-refractivity contribution in [2.24, 2.45) is 0 Å². The highest BCUT2D eigenvalue weighted by Crippen LogP contribution is 2.16. The maximum absolute atomic E-state index is 12.9. The summed E-state index contributed by atoms with van der Waals surface area (Å²) < 4.78 is 18.3. The van der Waals surface area contributed by atoms with E-state index in [0.717, 1.165) is 12.3 Å². The number of ether oxygens (including phenoxy) is 1. The van der Waals surface area contributed by atoms with Crippen LogP contribution in [0.15, 0.2) is 47.1 Å². The highest BCUT2D eigenvalue weighted by Gasteiger charge is 2.14. The molecule has 2 rings (SSSR count). The summed E-state index contributed by atoms with van der Waals surface area (Å²) in [5.74, 6) is -1.90. The zero-order chi connectivity index (χ0) is 14.5. The van der Waals surface area contributed by atoms with Crippen LogP contribution in [0.5, 0.6) is 0 Å². The standard InChI is InChI=1S/C14H9BrFNO3/c15-11-4-2-1-3-10(11)12(18)8-20-14(19)9-5-6-17-13(16)7-9/h1-7H,8H2. The summed E-state index contributed by atoms with van der Waals surface area (Å²) in [5, 5.41) is 0. The van der Waals surface area contributed by atoms with E-state index >= 15 is 0 Å². The van der Waals surface area contributed by atoms with E-state index in [1.54, 1.807) is 24.3 Å². The van der Waals surface area contributed by atoms with Gasteiger partial charge < -0.3 is 4.74 Å². The first-order chi connectivity index (χ1) is 9.58. The number of carbonyl (C=O) groups excluding carboxylic acids is 2. The normalized spacial score (nSPS) is 10.1. The number of ketones is 1. The van der Waals surface area contributed by atoms with Gasteiger partial charge in [0.1, 0.15) is 0 Å². The van der Waals surface area contributed by atoms with E-state index in [-0.39, 0.29) is 11.3 Å². The molecule has 4 nitrogen and oxygen atoms in total. The van der Waals surface area contributed by atoms with Gasteiger partial charge in [0.05, 0.1) is 5.56 Å². The third-order valence-electron chi connectivity index (χ3n) is 2.47. The molecular formula is C14H9BrFNO3. The Balaban J connectivity index is 2.01. The Morgan fingerprint density at radius 2 is 2.00 bits per heavy atom. The first-order valence-corrected chi connectivity index (χ1v) is 6.43. The number of carbonyl (C=O) groups is 2. The van der Waals surface area contributed by atoms with Crippen LogP contribution >= 0.6 is 15.9 Å². The van der Waals surface area contributed by atoms with E-state index in [1.807, 2.05) is 0 Å². The van der Waals surface area contributed by atoms with Gasteiger partial charge in [0.15, 0.2) is 6.61 Å². The highest BCUT2D eigenvalue weighted by molar-refractivity contribution is 9.10. The SMILES string of the molecule is O=C(OCC(=O)c1ccccc1Br)c1ccnc(F)c1. The maximum atomic E-state index is 12.9. The van der Waals surface area contributed by atoms with Crippen LogP contribution in [0.2, 0.25) is 0 Å². The molecule has 1 heterocycles. The van der Waals surface area contributed by atoms with E-state index in [1.165, 1.54) is 6.07 Å². The lowest BCUT2D eigenvalue weighted by Gasteiger charge is -2.05. The molecular weight excluding hydrogens is 329 g/mol. The topological polar surface area (TPSA) is 56.3 Å². The minimum atomic E-state index is -0.781. The second-order valence-corrected chi connectivity index (χ2v) is 4.70. The molecule has 1 aromatic heterocycles. The summed E-state index contributed by atoms with van der Waals surface area (Å²) in [5.41, 5.74) is 0.429. The molecule has 0 bridgehead atoms. The minimum Gasteiger partial charge on any atom is -0.454 e. The Bertz CT molecular complexity index is 660. The zero-order valence-electron chi connectivity index (χ0n) is 10.2. The van der Waals surface area contributed by atoms with Crippen molar-refractivity contribution >= 4 is 27.7 Å². The molecule has 102 valence electrons.